The Labute approximate surface area is 197 Å². The minimum atomic E-state index is -0.488. The van der Waals surface area contributed by atoms with Crippen LogP contribution in [0.4, 0.5) is 0 Å². The molecule has 3 aromatic carbocycles. The second kappa shape index (κ2) is 10.7. The fourth-order valence-corrected chi connectivity index (χ4v) is 3.47. The lowest BCUT2D eigenvalue weighted by Crippen LogP contribution is -2.08. The zero-order valence-corrected chi connectivity index (χ0v) is 19.5. The number of esters is 2. The molecule has 0 fully saturated rings. The molecule has 0 amide bonds. The third kappa shape index (κ3) is 6.60. The molecule has 0 aliphatic heterocycles. The summed E-state index contributed by atoms with van der Waals surface area (Å²) in [6.45, 7) is 12.3. The summed E-state index contributed by atoms with van der Waals surface area (Å²) >= 11 is 1.51. The molecule has 0 aliphatic rings. The van der Waals surface area contributed by atoms with Crippen molar-refractivity contribution < 1.29 is 23.8 Å². The highest BCUT2D eigenvalue weighted by Crippen LogP contribution is 2.39. The van der Waals surface area contributed by atoms with Gasteiger partial charge in [-0.1, -0.05) is 43.1 Å². The number of benzene rings is 3. The van der Waals surface area contributed by atoms with Crippen molar-refractivity contribution in [2.45, 2.75) is 30.6 Å². The molecule has 0 bridgehead atoms. The highest BCUT2D eigenvalue weighted by atomic mass is 32.2. The lowest BCUT2D eigenvalue weighted by atomic mass is 10.2. The Bertz CT molecular complexity index is 1210. The maximum atomic E-state index is 11.8. The van der Waals surface area contributed by atoms with Crippen LogP contribution in [0.25, 0.3) is 0 Å². The number of hydrogen-bond donors (Lipinski definition) is 0. The van der Waals surface area contributed by atoms with Crippen molar-refractivity contribution in [3.8, 4) is 23.0 Å². The molecular weight excluding hydrogens is 436 g/mol. The number of carbonyl (C=O) groups is 2. The van der Waals surface area contributed by atoms with Gasteiger partial charge in [0, 0.05) is 22.1 Å². The van der Waals surface area contributed by atoms with E-state index in [0.717, 1.165) is 15.4 Å². The first kappa shape index (κ1) is 23.9. The molecule has 6 heteroatoms. The molecular formula is C27H24O5S. The zero-order chi connectivity index (χ0) is 24.0. The molecule has 0 N–H and O–H groups in total. The van der Waals surface area contributed by atoms with E-state index in [9.17, 15) is 9.59 Å². The lowest BCUT2D eigenvalue weighted by Gasteiger charge is -2.14. The van der Waals surface area contributed by atoms with Gasteiger partial charge in [-0.25, -0.2) is 9.59 Å². The van der Waals surface area contributed by atoms with E-state index in [1.54, 1.807) is 38.1 Å². The molecule has 33 heavy (non-hydrogen) atoms. The summed E-state index contributed by atoms with van der Waals surface area (Å²) in [5.41, 5.74) is 1.56. The van der Waals surface area contributed by atoms with Crippen LogP contribution in [-0.2, 0) is 9.59 Å². The fraction of sp³-hybridized carbons (Fsp3) is 0.111. The number of hydrogen-bond acceptors (Lipinski definition) is 6. The number of carbonyl (C=O) groups excluding carboxylic acids is 2. The molecule has 0 unspecified atom stereocenters. The lowest BCUT2D eigenvalue weighted by molar-refractivity contribution is -0.130. The van der Waals surface area contributed by atoms with Gasteiger partial charge >= 0.3 is 11.9 Å². The topological polar surface area (TPSA) is 61.8 Å². The fourth-order valence-electron chi connectivity index (χ4n) is 2.58. The zero-order valence-electron chi connectivity index (χ0n) is 18.7. The van der Waals surface area contributed by atoms with Crippen molar-refractivity contribution >= 4 is 23.7 Å². The predicted octanol–water partition coefficient (Wildman–Crippen LogP) is 6.90. The average molecular weight is 461 g/mol. The standard InChI is InChI=1S/C27H24O5S/c1-17(2)26(28)30-20-12-14-22(15-13-20)33-25-9-7-6-8-23(25)32-24-16-21(11-10-19(24)5)31-27(29)18(3)4/h6-16H,1,3H2,2,4-5H3. The Kier molecular flexibility index (Phi) is 7.74. The maximum absolute atomic E-state index is 11.8. The van der Waals surface area contributed by atoms with Crippen LogP contribution in [0.2, 0.25) is 0 Å². The van der Waals surface area contributed by atoms with E-state index in [0.29, 0.717) is 34.1 Å². The third-order valence-electron chi connectivity index (χ3n) is 4.40. The van der Waals surface area contributed by atoms with Gasteiger partial charge in [-0.15, -0.1) is 0 Å². The summed E-state index contributed by atoms with van der Waals surface area (Å²) in [6, 6.07) is 20.1. The largest absolute Gasteiger partial charge is 0.456 e. The quantitative estimate of drug-likeness (QED) is 0.207. The molecule has 0 heterocycles. The summed E-state index contributed by atoms with van der Waals surface area (Å²) in [4.78, 5) is 25.4. The Morgan fingerprint density at radius 1 is 0.758 bits per heavy atom. The van der Waals surface area contributed by atoms with Crippen molar-refractivity contribution in [3.05, 3.63) is 96.6 Å². The van der Waals surface area contributed by atoms with Crippen LogP contribution < -0.4 is 14.2 Å². The smallest absolute Gasteiger partial charge is 0.338 e. The van der Waals surface area contributed by atoms with Gasteiger partial charge < -0.3 is 14.2 Å². The van der Waals surface area contributed by atoms with Crippen LogP contribution >= 0.6 is 11.8 Å². The summed E-state index contributed by atoms with van der Waals surface area (Å²) in [7, 11) is 0. The van der Waals surface area contributed by atoms with Gasteiger partial charge in [-0.2, -0.15) is 0 Å². The van der Waals surface area contributed by atoms with Crippen molar-refractivity contribution in [1.82, 2.24) is 0 Å². The first-order valence-electron chi connectivity index (χ1n) is 10.1. The van der Waals surface area contributed by atoms with E-state index in [-0.39, 0.29) is 0 Å². The van der Waals surface area contributed by atoms with Crippen molar-refractivity contribution in [3.63, 3.8) is 0 Å². The van der Waals surface area contributed by atoms with Gasteiger partial charge in [0.25, 0.3) is 0 Å². The number of aryl methyl sites for hydroxylation is 1. The second-order valence-electron chi connectivity index (χ2n) is 7.39. The highest BCUT2D eigenvalue weighted by Gasteiger charge is 2.12. The molecule has 0 radical (unpaired) electrons. The van der Waals surface area contributed by atoms with Crippen molar-refractivity contribution in [2.75, 3.05) is 0 Å². The first-order chi connectivity index (χ1) is 15.7. The molecule has 5 nitrogen and oxygen atoms in total. The van der Waals surface area contributed by atoms with Crippen molar-refractivity contribution in [1.29, 1.82) is 0 Å². The van der Waals surface area contributed by atoms with Crippen LogP contribution in [0.3, 0.4) is 0 Å². The van der Waals surface area contributed by atoms with Crippen LogP contribution in [0.5, 0.6) is 23.0 Å². The Morgan fingerprint density at radius 3 is 1.97 bits per heavy atom. The van der Waals surface area contributed by atoms with Gasteiger partial charge in [-0.05, 0) is 68.8 Å². The molecule has 168 valence electrons. The molecule has 0 atom stereocenters. The first-order valence-corrected chi connectivity index (χ1v) is 11.0. The van der Waals surface area contributed by atoms with Crippen LogP contribution in [0.15, 0.2) is 101 Å². The van der Waals surface area contributed by atoms with Gasteiger partial charge in [0.15, 0.2) is 0 Å². The Morgan fingerprint density at radius 2 is 1.33 bits per heavy atom. The normalized spacial score (nSPS) is 10.3. The van der Waals surface area contributed by atoms with E-state index < -0.39 is 11.9 Å². The van der Waals surface area contributed by atoms with E-state index in [4.69, 9.17) is 14.2 Å². The van der Waals surface area contributed by atoms with E-state index in [1.165, 1.54) is 11.8 Å². The van der Waals surface area contributed by atoms with Gasteiger partial charge in [0.2, 0.25) is 0 Å². The molecule has 0 aromatic heterocycles. The minimum absolute atomic E-state index is 0.320. The molecule has 0 saturated carbocycles. The van der Waals surface area contributed by atoms with Crippen LogP contribution in [0.1, 0.15) is 19.4 Å². The molecule has 0 spiro atoms. The molecule has 3 aromatic rings. The SMILES string of the molecule is C=C(C)C(=O)Oc1ccc(Sc2ccccc2Oc2cc(OC(=O)C(=C)C)ccc2C)cc1. The molecule has 3 rings (SSSR count). The number of para-hydroxylation sites is 1. The maximum Gasteiger partial charge on any atom is 0.338 e. The molecule has 0 saturated heterocycles. The summed E-state index contributed by atoms with van der Waals surface area (Å²) in [5, 5.41) is 0. The van der Waals surface area contributed by atoms with Crippen molar-refractivity contribution in [2.24, 2.45) is 0 Å². The number of ether oxygens (including phenoxy) is 3. The Balaban J connectivity index is 1.77. The second-order valence-corrected chi connectivity index (χ2v) is 8.50. The Hall–Kier alpha value is -3.77. The third-order valence-corrected chi connectivity index (χ3v) is 5.46. The highest BCUT2D eigenvalue weighted by molar-refractivity contribution is 7.99. The van der Waals surface area contributed by atoms with Crippen LogP contribution in [-0.4, -0.2) is 11.9 Å². The van der Waals surface area contributed by atoms with E-state index in [2.05, 4.69) is 13.2 Å². The summed E-state index contributed by atoms with van der Waals surface area (Å²) in [5.74, 6) is 1.13. The van der Waals surface area contributed by atoms with Gasteiger partial charge in [-0.3, -0.25) is 0 Å². The summed E-state index contributed by atoms with van der Waals surface area (Å²) in [6.07, 6.45) is 0. The van der Waals surface area contributed by atoms with E-state index in [1.807, 2.05) is 49.4 Å². The minimum Gasteiger partial charge on any atom is -0.456 e. The molecule has 0 aliphatic carbocycles. The van der Waals surface area contributed by atoms with Crippen LogP contribution in [0, 0.1) is 6.92 Å². The van der Waals surface area contributed by atoms with E-state index >= 15 is 0 Å². The average Bonchev–Trinajstić information content (AvgIpc) is 2.78. The monoisotopic (exact) mass is 460 g/mol. The number of rotatable bonds is 8. The van der Waals surface area contributed by atoms with Gasteiger partial charge in [0.05, 0.1) is 4.90 Å². The summed E-state index contributed by atoms with van der Waals surface area (Å²) < 4.78 is 16.7. The predicted molar refractivity (Wildman–Crippen MR) is 129 cm³/mol. The van der Waals surface area contributed by atoms with Gasteiger partial charge in [0.1, 0.15) is 23.0 Å².